The van der Waals surface area contributed by atoms with E-state index < -0.39 is 23.2 Å². The molecule has 1 unspecified atom stereocenters. The topological polar surface area (TPSA) is 20.2 Å². The minimum Gasteiger partial charge on any atom is -0.388 e. The number of aliphatic hydroxyl groups is 1. The third kappa shape index (κ3) is 2.70. The van der Waals surface area contributed by atoms with Crippen LogP contribution < -0.4 is 0 Å². The standard InChI is InChI=1S/C16H15F3O/c1-16(2,11-4-6-12(17)7-5-11)15(20)10-3-8-13(18)14(19)9-10/h3-9,15,20H,1-2H3. The molecule has 0 heterocycles. The van der Waals surface area contributed by atoms with E-state index in [9.17, 15) is 18.3 Å². The van der Waals surface area contributed by atoms with Crippen molar-refractivity contribution in [3.05, 3.63) is 71.0 Å². The van der Waals surface area contributed by atoms with E-state index in [2.05, 4.69) is 0 Å². The molecule has 0 radical (unpaired) electrons. The second-order valence-electron chi connectivity index (χ2n) is 5.30. The van der Waals surface area contributed by atoms with Crippen LogP contribution in [0.25, 0.3) is 0 Å². The fourth-order valence-electron chi connectivity index (χ4n) is 2.14. The molecule has 0 saturated carbocycles. The summed E-state index contributed by atoms with van der Waals surface area (Å²) in [5.74, 6) is -2.33. The van der Waals surface area contributed by atoms with Crippen LogP contribution in [0.4, 0.5) is 13.2 Å². The van der Waals surface area contributed by atoms with Crippen molar-refractivity contribution in [2.45, 2.75) is 25.4 Å². The van der Waals surface area contributed by atoms with Crippen molar-refractivity contribution in [2.24, 2.45) is 0 Å². The second-order valence-corrected chi connectivity index (χ2v) is 5.30. The predicted molar refractivity (Wildman–Crippen MR) is 70.7 cm³/mol. The van der Waals surface area contributed by atoms with Crippen molar-refractivity contribution in [1.29, 1.82) is 0 Å². The van der Waals surface area contributed by atoms with Crippen LogP contribution >= 0.6 is 0 Å². The van der Waals surface area contributed by atoms with Gasteiger partial charge >= 0.3 is 0 Å². The monoisotopic (exact) mass is 280 g/mol. The molecule has 0 aromatic heterocycles. The van der Waals surface area contributed by atoms with E-state index in [1.54, 1.807) is 26.0 Å². The van der Waals surface area contributed by atoms with Gasteiger partial charge in [0, 0.05) is 5.41 Å². The number of benzene rings is 2. The Hall–Kier alpha value is -1.81. The maximum absolute atomic E-state index is 13.2. The maximum atomic E-state index is 13.2. The van der Waals surface area contributed by atoms with Gasteiger partial charge in [-0.15, -0.1) is 0 Å². The molecule has 1 N–H and O–H groups in total. The average molecular weight is 280 g/mol. The van der Waals surface area contributed by atoms with Crippen LogP contribution in [0, 0.1) is 17.5 Å². The van der Waals surface area contributed by atoms with E-state index in [1.165, 1.54) is 18.2 Å². The molecule has 20 heavy (non-hydrogen) atoms. The lowest BCUT2D eigenvalue weighted by Gasteiger charge is -2.31. The first kappa shape index (κ1) is 14.6. The minimum absolute atomic E-state index is 0.276. The molecule has 2 rings (SSSR count). The van der Waals surface area contributed by atoms with E-state index in [0.29, 0.717) is 5.56 Å². The molecular weight excluding hydrogens is 265 g/mol. The Kier molecular flexibility index (Phi) is 3.86. The maximum Gasteiger partial charge on any atom is 0.159 e. The highest BCUT2D eigenvalue weighted by Crippen LogP contribution is 2.37. The minimum atomic E-state index is -1.04. The van der Waals surface area contributed by atoms with Gasteiger partial charge in [0.25, 0.3) is 0 Å². The fourth-order valence-corrected chi connectivity index (χ4v) is 2.14. The average Bonchev–Trinajstić information content (AvgIpc) is 2.41. The van der Waals surface area contributed by atoms with E-state index in [1.807, 2.05) is 0 Å². The van der Waals surface area contributed by atoms with Crippen molar-refractivity contribution >= 4 is 0 Å². The van der Waals surface area contributed by atoms with E-state index in [0.717, 1.165) is 12.1 Å². The van der Waals surface area contributed by atoms with Gasteiger partial charge in [-0.1, -0.05) is 32.0 Å². The van der Waals surface area contributed by atoms with Gasteiger partial charge in [0.1, 0.15) is 5.82 Å². The molecule has 0 aliphatic heterocycles. The summed E-state index contributed by atoms with van der Waals surface area (Å²) in [6, 6.07) is 9.04. The normalized spacial score (nSPS) is 13.3. The van der Waals surface area contributed by atoms with Crippen LogP contribution in [0.5, 0.6) is 0 Å². The van der Waals surface area contributed by atoms with E-state index in [4.69, 9.17) is 0 Å². The lowest BCUT2D eigenvalue weighted by molar-refractivity contribution is 0.0997. The Balaban J connectivity index is 2.37. The Morgan fingerprint density at radius 3 is 2.05 bits per heavy atom. The summed E-state index contributed by atoms with van der Waals surface area (Å²) in [5.41, 5.74) is 0.215. The molecular formula is C16H15F3O. The molecule has 1 atom stereocenters. The molecule has 0 bridgehead atoms. The summed E-state index contributed by atoms with van der Waals surface area (Å²) in [6.45, 7) is 3.51. The quantitative estimate of drug-likeness (QED) is 0.897. The van der Waals surface area contributed by atoms with Gasteiger partial charge in [-0.2, -0.15) is 0 Å². The fraction of sp³-hybridized carbons (Fsp3) is 0.250. The lowest BCUT2D eigenvalue weighted by Crippen LogP contribution is -2.27. The van der Waals surface area contributed by atoms with Gasteiger partial charge in [0.15, 0.2) is 11.6 Å². The zero-order valence-electron chi connectivity index (χ0n) is 11.2. The molecule has 0 saturated heterocycles. The van der Waals surface area contributed by atoms with Gasteiger partial charge in [-0.05, 0) is 35.4 Å². The third-order valence-corrected chi connectivity index (χ3v) is 3.53. The van der Waals surface area contributed by atoms with Gasteiger partial charge in [-0.25, -0.2) is 13.2 Å². The number of halogens is 3. The van der Waals surface area contributed by atoms with E-state index in [-0.39, 0.29) is 11.4 Å². The summed E-state index contributed by atoms with van der Waals surface area (Å²) in [4.78, 5) is 0. The molecule has 1 nitrogen and oxygen atoms in total. The molecule has 0 aliphatic carbocycles. The van der Waals surface area contributed by atoms with Crippen molar-refractivity contribution in [3.8, 4) is 0 Å². The highest BCUT2D eigenvalue weighted by Gasteiger charge is 2.31. The van der Waals surface area contributed by atoms with Crippen molar-refractivity contribution in [1.82, 2.24) is 0 Å². The summed E-state index contributed by atoms with van der Waals surface area (Å²) in [6.07, 6.45) is -1.04. The summed E-state index contributed by atoms with van der Waals surface area (Å²) >= 11 is 0. The van der Waals surface area contributed by atoms with Crippen LogP contribution in [0.1, 0.15) is 31.1 Å². The second kappa shape index (κ2) is 5.29. The highest BCUT2D eigenvalue weighted by molar-refractivity contribution is 5.31. The third-order valence-electron chi connectivity index (χ3n) is 3.53. The molecule has 4 heteroatoms. The number of hydrogen-bond donors (Lipinski definition) is 1. The summed E-state index contributed by atoms with van der Waals surface area (Å²) < 4.78 is 39.1. The Morgan fingerprint density at radius 2 is 1.50 bits per heavy atom. The molecule has 0 spiro atoms. The first-order valence-electron chi connectivity index (χ1n) is 6.21. The van der Waals surface area contributed by atoms with Crippen molar-refractivity contribution < 1.29 is 18.3 Å². The van der Waals surface area contributed by atoms with Crippen molar-refractivity contribution in [3.63, 3.8) is 0 Å². The largest absolute Gasteiger partial charge is 0.388 e. The number of hydrogen-bond acceptors (Lipinski definition) is 1. The number of aliphatic hydroxyl groups excluding tert-OH is 1. The lowest BCUT2D eigenvalue weighted by atomic mass is 9.76. The van der Waals surface area contributed by atoms with Crippen molar-refractivity contribution in [2.75, 3.05) is 0 Å². The molecule has 106 valence electrons. The molecule has 2 aromatic rings. The summed E-state index contributed by atoms with van der Waals surface area (Å²) in [7, 11) is 0. The van der Waals surface area contributed by atoms with Gasteiger partial charge in [-0.3, -0.25) is 0 Å². The zero-order chi connectivity index (χ0) is 14.9. The Labute approximate surface area is 115 Å². The highest BCUT2D eigenvalue weighted by atomic mass is 19.2. The smallest absolute Gasteiger partial charge is 0.159 e. The van der Waals surface area contributed by atoms with Crippen LogP contribution in [0.2, 0.25) is 0 Å². The van der Waals surface area contributed by atoms with Gasteiger partial charge < -0.3 is 5.11 Å². The number of rotatable bonds is 3. The predicted octanol–water partition coefficient (Wildman–Crippen LogP) is 4.12. The molecule has 0 amide bonds. The molecule has 2 aromatic carbocycles. The Morgan fingerprint density at radius 1 is 0.900 bits per heavy atom. The van der Waals surface area contributed by atoms with Gasteiger partial charge in [0.2, 0.25) is 0 Å². The van der Waals surface area contributed by atoms with Crippen LogP contribution in [-0.2, 0) is 5.41 Å². The van der Waals surface area contributed by atoms with E-state index >= 15 is 0 Å². The van der Waals surface area contributed by atoms with Crippen LogP contribution in [0.15, 0.2) is 42.5 Å². The summed E-state index contributed by atoms with van der Waals surface area (Å²) in [5, 5.41) is 10.4. The first-order valence-corrected chi connectivity index (χ1v) is 6.21. The van der Waals surface area contributed by atoms with Gasteiger partial charge in [0.05, 0.1) is 6.10 Å². The van der Waals surface area contributed by atoms with Crippen LogP contribution in [0.3, 0.4) is 0 Å². The van der Waals surface area contributed by atoms with Crippen LogP contribution in [-0.4, -0.2) is 5.11 Å². The SMILES string of the molecule is CC(C)(c1ccc(F)cc1)C(O)c1ccc(F)c(F)c1. The zero-order valence-corrected chi connectivity index (χ0v) is 11.2. The first-order chi connectivity index (χ1) is 9.32. The molecule has 0 aliphatic rings. The Bertz CT molecular complexity index is 606. The molecule has 0 fully saturated rings.